The molecule has 0 fully saturated rings. The maximum absolute atomic E-state index is 12.4. The van der Waals surface area contributed by atoms with Crippen LogP contribution in [0.2, 0.25) is 0 Å². The molecule has 2 atom stereocenters. The molecule has 0 saturated carbocycles. The Balaban J connectivity index is 1.43. The van der Waals surface area contributed by atoms with Crippen molar-refractivity contribution in [1.82, 2.24) is 20.6 Å². The Bertz CT molecular complexity index is 1510. The summed E-state index contributed by atoms with van der Waals surface area (Å²) in [5.41, 5.74) is 9.27. The van der Waals surface area contributed by atoms with Crippen molar-refractivity contribution in [2.24, 2.45) is 5.10 Å². The molecular weight excluding hydrogens is 538 g/mol. The fourth-order valence-corrected chi connectivity index (χ4v) is 4.82. The minimum absolute atomic E-state index is 0.115. The van der Waals surface area contributed by atoms with Crippen LogP contribution in [0, 0.1) is 20.8 Å². The molecular formula is C31H37N5O6. The molecule has 0 radical (unpaired) electrons. The average Bonchev–Trinajstić information content (AvgIpc) is 3.24. The molecule has 4 N–H and O–H groups in total. The third-order valence-electron chi connectivity index (χ3n) is 6.86. The van der Waals surface area contributed by atoms with Gasteiger partial charge in [-0.3, -0.25) is 5.43 Å². The van der Waals surface area contributed by atoms with Gasteiger partial charge in [0.15, 0.2) is 17.7 Å². The van der Waals surface area contributed by atoms with Gasteiger partial charge in [-0.25, -0.2) is 9.59 Å². The third-order valence-corrected chi connectivity index (χ3v) is 6.86. The number of esters is 1. The summed E-state index contributed by atoms with van der Waals surface area (Å²) in [5, 5.41) is 20.0. The van der Waals surface area contributed by atoms with Crippen LogP contribution in [-0.4, -0.2) is 54.4 Å². The first kappa shape index (κ1) is 30.2. The number of nitrogens with one attached hydrogen (secondary N) is 3. The van der Waals surface area contributed by atoms with E-state index in [9.17, 15) is 14.7 Å². The Morgan fingerprint density at radius 3 is 2.52 bits per heavy atom. The summed E-state index contributed by atoms with van der Waals surface area (Å²) in [5.74, 6) is 0.214. The van der Waals surface area contributed by atoms with Crippen molar-refractivity contribution in [1.29, 1.82) is 0 Å². The van der Waals surface area contributed by atoms with Crippen molar-refractivity contribution >= 4 is 18.2 Å². The Hall–Kier alpha value is -4.77. The maximum atomic E-state index is 12.4. The van der Waals surface area contributed by atoms with Crippen molar-refractivity contribution in [2.75, 3.05) is 20.3 Å². The van der Waals surface area contributed by atoms with Crippen molar-refractivity contribution in [3.63, 3.8) is 0 Å². The summed E-state index contributed by atoms with van der Waals surface area (Å²) < 4.78 is 18.7. The smallest absolute Gasteiger partial charge is 0.337 e. The lowest BCUT2D eigenvalue weighted by Gasteiger charge is -2.28. The molecule has 2 amide bonds. The highest BCUT2D eigenvalue weighted by molar-refractivity contribution is 5.95. The molecule has 0 unspecified atom stereocenters. The summed E-state index contributed by atoms with van der Waals surface area (Å²) in [6.07, 6.45) is 0.564. The van der Waals surface area contributed by atoms with E-state index in [-0.39, 0.29) is 12.2 Å². The van der Waals surface area contributed by atoms with E-state index in [0.717, 1.165) is 22.6 Å². The molecule has 42 heavy (non-hydrogen) atoms. The molecule has 1 aliphatic heterocycles. The van der Waals surface area contributed by atoms with E-state index in [0.29, 0.717) is 29.4 Å². The number of nitrogens with zero attached hydrogens (tertiary/aromatic N) is 2. The van der Waals surface area contributed by atoms with E-state index >= 15 is 0 Å². The molecule has 2 aromatic carbocycles. The molecule has 4 rings (SSSR count). The Morgan fingerprint density at radius 2 is 1.83 bits per heavy atom. The number of aliphatic hydroxyl groups is 1. The number of ether oxygens (including phenoxy) is 3. The zero-order valence-electron chi connectivity index (χ0n) is 24.6. The molecule has 11 nitrogen and oxygen atoms in total. The predicted octanol–water partition coefficient (Wildman–Crippen LogP) is 3.92. The van der Waals surface area contributed by atoms with E-state index in [2.05, 4.69) is 56.9 Å². The summed E-state index contributed by atoms with van der Waals surface area (Å²) in [6, 6.07) is 14.2. The molecule has 0 spiro atoms. The third kappa shape index (κ3) is 6.74. The van der Waals surface area contributed by atoms with Crippen LogP contribution in [0.4, 0.5) is 4.79 Å². The van der Waals surface area contributed by atoms with Gasteiger partial charge in [-0.1, -0.05) is 23.8 Å². The molecule has 222 valence electrons. The van der Waals surface area contributed by atoms with E-state index in [1.54, 1.807) is 31.3 Å². The number of aryl methyl sites for hydroxylation is 2. The van der Waals surface area contributed by atoms with Gasteiger partial charge in [0.25, 0.3) is 0 Å². The largest absolute Gasteiger partial charge is 0.490 e. The number of hydrogen-bond donors (Lipinski definition) is 4. The number of carbonyl (C=O) groups is 2. The number of allylic oxidation sites excluding steroid dienone is 1. The average molecular weight is 576 g/mol. The van der Waals surface area contributed by atoms with E-state index < -0.39 is 24.3 Å². The Kier molecular flexibility index (Phi) is 9.53. The van der Waals surface area contributed by atoms with Gasteiger partial charge in [0.2, 0.25) is 0 Å². The molecule has 1 aromatic heterocycles. The quantitative estimate of drug-likeness (QED) is 0.118. The topological polar surface area (TPSA) is 135 Å². The van der Waals surface area contributed by atoms with Gasteiger partial charge >= 0.3 is 12.0 Å². The van der Waals surface area contributed by atoms with E-state index in [1.165, 1.54) is 12.7 Å². The van der Waals surface area contributed by atoms with Crippen LogP contribution in [0.1, 0.15) is 48.0 Å². The molecule has 0 bridgehead atoms. The number of carbonyl (C=O) groups excluding carboxylic acids is 2. The standard InChI is InChI=1S/C31H37N5O6/c1-7-41-26-15-22(29-28(30(38)40-6)20(4)33-31(39)34-29)10-13-25(26)42-17-27(37)35-32-16-23-14-19(3)36(21(23)5)24-11-8-18(2)9-12-24/h8-16,27,29,35,37H,7,17H2,1-6H3,(H2,33,34,39)/b32-16+/t27-,29-/m0/s1. The summed E-state index contributed by atoms with van der Waals surface area (Å²) in [7, 11) is 1.28. The lowest BCUT2D eigenvalue weighted by molar-refractivity contribution is -0.136. The van der Waals surface area contributed by atoms with Crippen LogP contribution >= 0.6 is 0 Å². The van der Waals surface area contributed by atoms with Crippen molar-refractivity contribution in [3.05, 3.63) is 87.9 Å². The summed E-state index contributed by atoms with van der Waals surface area (Å²) >= 11 is 0. The predicted molar refractivity (Wildman–Crippen MR) is 159 cm³/mol. The van der Waals surface area contributed by atoms with Gasteiger partial charge in [-0.15, -0.1) is 0 Å². The van der Waals surface area contributed by atoms with Crippen LogP contribution in [0.25, 0.3) is 5.69 Å². The highest BCUT2D eigenvalue weighted by Gasteiger charge is 2.32. The van der Waals surface area contributed by atoms with Gasteiger partial charge in [0.05, 0.1) is 31.5 Å². The van der Waals surface area contributed by atoms with Crippen molar-refractivity contribution in [2.45, 2.75) is 46.9 Å². The van der Waals surface area contributed by atoms with Gasteiger partial charge < -0.3 is 34.5 Å². The number of hydrazone groups is 1. The van der Waals surface area contributed by atoms with Gasteiger partial charge in [0, 0.05) is 28.3 Å². The Labute approximate surface area is 245 Å². The number of benzene rings is 2. The number of rotatable bonds is 11. The molecule has 0 saturated heterocycles. The number of amides is 2. The number of hydrogen-bond acceptors (Lipinski definition) is 8. The van der Waals surface area contributed by atoms with Crippen LogP contribution in [-0.2, 0) is 9.53 Å². The van der Waals surface area contributed by atoms with Gasteiger partial charge in [0.1, 0.15) is 6.61 Å². The minimum Gasteiger partial charge on any atom is -0.490 e. The SMILES string of the molecule is CCOc1cc([C@@H]2NC(=O)NC(C)=C2C(=O)OC)ccc1OC[C@H](O)N/N=C/c1cc(C)n(-c2ccc(C)cc2)c1C. The van der Waals surface area contributed by atoms with Crippen molar-refractivity contribution < 1.29 is 28.9 Å². The first-order chi connectivity index (χ1) is 20.1. The zero-order chi connectivity index (χ0) is 30.4. The summed E-state index contributed by atoms with van der Waals surface area (Å²) in [4.78, 5) is 24.6. The fraction of sp³-hybridized carbons (Fsp3) is 0.323. The van der Waals surface area contributed by atoms with Crippen LogP contribution in [0.3, 0.4) is 0 Å². The summed E-state index contributed by atoms with van der Waals surface area (Å²) in [6.45, 7) is 9.81. The van der Waals surface area contributed by atoms with Crippen LogP contribution < -0.4 is 25.5 Å². The second-order valence-corrected chi connectivity index (χ2v) is 9.91. The lowest BCUT2D eigenvalue weighted by atomic mass is 9.95. The lowest BCUT2D eigenvalue weighted by Crippen LogP contribution is -2.45. The van der Waals surface area contributed by atoms with E-state index in [1.807, 2.05) is 26.8 Å². The highest BCUT2D eigenvalue weighted by Crippen LogP contribution is 2.35. The highest BCUT2D eigenvalue weighted by atomic mass is 16.5. The number of urea groups is 1. The molecule has 11 heteroatoms. The second-order valence-electron chi connectivity index (χ2n) is 9.91. The maximum Gasteiger partial charge on any atom is 0.337 e. The molecule has 1 aliphatic rings. The van der Waals surface area contributed by atoms with Crippen molar-refractivity contribution in [3.8, 4) is 17.2 Å². The monoisotopic (exact) mass is 575 g/mol. The van der Waals surface area contributed by atoms with Gasteiger partial charge in [-0.2, -0.15) is 5.10 Å². The second kappa shape index (κ2) is 13.3. The number of methoxy groups -OCH3 is 1. The fourth-order valence-electron chi connectivity index (χ4n) is 4.82. The minimum atomic E-state index is -1.10. The van der Waals surface area contributed by atoms with E-state index in [4.69, 9.17) is 14.2 Å². The number of aliphatic hydroxyl groups excluding tert-OH is 1. The van der Waals surface area contributed by atoms with Gasteiger partial charge in [-0.05, 0) is 70.5 Å². The Morgan fingerprint density at radius 1 is 1.10 bits per heavy atom. The van der Waals surface area contributed by atoms with Crippen LogP contribution in [0.15, 0.2) is 64.9 Å². The molecule has 3 aromatic rings. The van der Waals surface area contributed by atoms with Crippen LogP contribution in [0.5, 0.6) is 11.5 Å². The normalized spacial score (nSPS) is 15.7. The first-order valence-electron chi connectivity index (χ1n) is 13.6. The number of aromatic nitrogens is 1. The molecule has 0 aliphatic carbocycles. The zero-order valence-corrected chi connectivity index (χ0v) is 24.6. The molecule has 2 heterocycles. The first-order valence-corrected chi connectivity index (χ1v) is 13.6.